The van der Waals surface area contributed by atoms with Crippen LogP contribution >= 0.6 is 27.7 Å². The predicted molar refractivity (Wildman–Crippen MR) is 134 cm³/mol. The second-order valence-electron chi connectivity index (χ2n) is 6.99. The number of thioether (sulfide) groups is 1. The largest absolute Gasteiger partial charge is 0.478 e. The highest BCUT2D eigenvalue weighted by atomic mass is 79.9. The lowest BCUT2D eigenvalue weighted by molar-refractivity contribution is -0.118. The molecule has 0 atom stereocenters. The Labute approximate surface area is 207 Å². The van der Waals surface area contributed by atoms with Crippen molar-refractivity contribution in [2.75, 3.05) is 5.75 Å². The third-order valence-electron chi connectivity index (χ3n) is 4.64. The Balaban J connectivity index is 1.46. The summed E-state index contributed by atoms with van der Waals surface area (Å²) in [6, 6.07) is 23.6. The summed E-state index contributed by atoms with van der Waals surface area (Å²) in [5.41, 5.74) is 5.11. The Kier molecular flexibility index (Phi) is 7.51. The van der Waals surface area contributed by atoms with Crippen LogP contribution in [0, 0.1) is 0 Å². The fourth-order valence-corrected chi connectivity index (χ4v) is 4.02. The van der Waals surface area contributed by atoms with E-state index in [1.165, 1.54) is 30.1 Å². The van der Waals surface area contributed by atoms with Crippen molar-refractivity contribution in [3.8, 4) is 17.1 Å². The van der Waals surface area contributed by atoms with Crippen molar-refractivity contribution in [2.45, 2.75) is 5.16 Å². The van der Waals surface area contributed by atoms with Gasteiger partial charge in [0.15, 0.2) is 11.0 Å². The third-order valence-corrected chi connectivity index (χ3v) is 6.10. The summed E-state index contributed by atoms with van der Waals surface area (Å²) in [5.74, 6) is -0.553. The van der Waals surface area contributed by atoms with Gasteiger partial charge < -0.3 is 5.11 Å². The fourth-order valence-electron chi connectivity index (χ4n) is 3.01. The molecule has 3 aromatic carbocycles. The summed E-state index contributed by atoms with van der Waals surface area (Å²) in [7, 11) is 0. The van der Waals surface area contributed by atoms with Crippen molar-refractivity contribution in [3.05, 3.63) is 94.5 Å². The van der Waals surface area contributed by atoms with Gasteiger partial charge in [-0.2, -0.15) is 5.10 Å². The molecule has 0 unspecified atom stereocenters. The van der Waals surface area contributed by atoms with E-state index in [-0.39, 0.29) is 17.2 Å². The monoisotopic (exact) mass is 535 g/mol. The number of carboxylic acids is 1. The molecule has 0 saturated carbocycles. The van der Waals surface area contributed by atoms with Gasteiger partial charge in [-0.25, -0.2) is 10.2 Å². The van der Waals surface area contributed by atoms with Crippen LogP contribution in [0.25, 0.3) is 17.1 Å². The maximum absolute atomic E-state index is 12.3. The molecule has 1 heterocycles. The predicted octanol–water partition coefficient (Wildman–Crippen LogP) is 4.64. The van der Waals surface area contributed by atoms with Crippen molar-refractivity contribution in [3.63, 3.8) is 0 Å². The Morgan fingerprint density at radius 2 is 1.71 bits per heavy atom. The first kappa shape index (κ1) is 23.4. The maximum Gasteiger partial charge on any atom is 0.335 e. The molecule has 10 heteroatoms. The molecule has 0 aliphatic heterocycles. The van der Waals surface area contributed by atoms with E-state index in [4.69, 9.17) is 5.11 Å². The lowest BCUT2D eigenvalue weighted by atomic mass is 10.1. The van der Waals surface area contributed by atoms with E-state index in [2.05, 4.69) is 36.7 Å². The minimum atomic E-state index is -1.000. The standard InChI is InChI=1S/C24H18BrN5O3S/c25-19-10-12-20(13-11-19)30-22(17-4-2-1-3-5-17)28-29-24(30)34-15-21(31)27-26-14-16-6-8-18(9-7-16)23(32)33/h1-14H,15H2,(H,27,31)(H,32,33)/b26-14+. The van der Waals surface area contributed by atoms with Crippen molar-refractivity contribution >= 4 is 45.8 Å². The smallest absolute Gasteiger partial charge is 0.335 e. The highest BCUT2D eigenvalue weighted by Gasteiger charge is 2.17. The number of carboxylic acid groups (broad SMARTS) is 1. The van der Waals surface area contributed by atoms with Gasteiger partial charge in [0.25, 0.3) is 5.91 Å². The second-order valence-corrected chi connectivity index (χ2v) is 8.85. The quantitative estimate of drug-likeness (QED) is 0.193. The first-order chi connectivity index (χ1) is 16.5. The molecule has 1 amide bonds. The molecular formula is C24H18BrN5O3S. The summed E-state index contributed by atoms with van der Waals surface area (Å²) in [4.78, 5) is 23.2. The molecule has 34 heavy (non-hydrogen) atoms. The van der Waals surface area contributed by atoms with Crippen molar-refractivity contribution in [2.24, 2.45) is 5.10 Å². The number of hydrazone groups is 1. The Morgan fingerprint density at radius 1 is 1.00 bits per heavy atom. The molecule has 0 radical (unpaired) electrons. The molecule has 4 aromatic rings. The zero-order valence-corrected chi connectivity index (χ0v) is 20.0. The fraction of sp³-hybridized carbons (Fsp3) is 0.0417. The number of rotatable bonds is 8. The Morgan fingerprint density at radius 3 is 2.38 bits per heavy atom. The van der Waals surface area contributed by atoms with E-state index in [0.29, 0.717) is 16.5 Å². The number of amides is 1. The Hall–Kier alpha value is -3.76. The van der Waals surface area contributed by atoms with Crippen LogP contribution in [0.4, 0.5) is 0 Å². The highest BCUT2D eigenvalue weighted by Crippen LogP contribution is 2.28. The van der Waals surface area contributed by atoms with E-state index < -0.39 is 5.97 Å². The molecule has 0 spiro atoms. The van der Waals surface area contributed by atoms with Gasteiger partial charge in [0.2, 0.25) is 0 Å². The summed E-state index contributed by atoms with van der Waals surface area (Å²) in [6.45, 7) is 0. The van der Waals surface area contributed by atoms with Crippen LogP contribution in [0.2, 0.25) is 0 Å². The number of hydrogen-bond acceptors (Lipinski definition) is 6. The van der Waals surface area contributed by atoms with Crippen LogP contribution in [-0.2, 0) is 4.79 Å². The van der Waals surface area contributed by atoms with Crippen LogP contribution in [0.3, 0.4) is 0 Å². The zero-order valence-electron chi connectivity index (χ0n) is 17.6. The number of nitrogens with zero attached hydrogens (tertiary/aromatic N) is 4. The first-order valence-corrected chi connectivity index (χ1v) is 11.8. The van der Waals surface area contributed by atoms with Crippen molar-refractivity contribution < 1.29 is 14.7 Å². The molecule has 0 bridgehead atoms. The van der Waals surface area contributed by atoms with E-state index in [1.807, 2.05) is 59.2 Å². The minimum absolute atomic E-state index is 0.0821. The van der Waals surface area contributed by atoms with Gasteiger partial charge in [-0.05, 0) is 42.0 Å². The summed E-state index contributed by atoms with van der Waals surface area (Å²) >= 11 is 4.70. The molecule has 8 nitrogen and oxygen atoms in total. The Bertz CT molecular complexity index is 1320. The van der Waals surface area contributed by atoms with Gasteiger partial charge in [-0.15, -0.1) is 10.2 Å². The SMILES string of the molecule is O=C(CSc1nnc(-c2ccccc2)n1-c1ccc(Br)cc1)N/N=C/c1ccc(C(=O)O)cc1. The van der Waals surface area contributed by atoms with Gasteiger partial charge in [0.1, 0.15) is 0 Å². The lowest BCUT2D eigenvalue weighted by Crippen LogP contribution is -2.20. The molecule has 170 valence electrons. The van der Waals surface area contributed by atoms with E-state index in [1.54, 1.807) is 12.1 Å². The second kappa shape index (κ2) is 10.9. The van der Waals surface area contributed by atoms with Crippen LogP contribution < -0.4 is 5.43 Å². The number of benzene rings is 3. The van der Waals surface area contributed by atoms with E-state index in [9.17, 15) is 9.59 Å². The van der Waals surface area contributed by atoms with Gasteiger partial charge in [0, 0.05) is 15.7 Å². The molecule has 4 rings (SSSR count). The number of aromatic nitrogens is 3. The number of halogens is 1. The average molecular weight is 536 g/mol. The summed E-state index contributed by atoms with van der Waals surface area (Å²) < 4.78 is 2.86. The van der Waals surface area contributed by atoms with Crippen molar-refractivity contribution in [1.29, 1.82) is 0 Å². The number of carbonyl (C=O) groups is 2. The molecule has 1 aromatic heterocycles. The maximum atomic E-state index is 12.3. The zero-order chi connectivity index (χ0) is 23.9. The number of nitrogens with one attached hydrogen (secondary N) is 1. The normalized spacial score (nSPS) is 11.0. The van der Waals surface area contributed by atoms with Crippen molar-refractivity contribution in [1.82, 2.24) is 20.2 Å². The van der Waals surface area contributed by atoms with Crippen LogP contribution in [0.1, 0.15) is 15.9 Å². The number of hydrogen-bond donors (Lipinski definition) is 2. The van der Waals surface area contributed by atoms with Crippen LogP contribution in [0.5, 0.6) is 0 Å². The summed E-state index contributed by atoms with van der Waals surface area (Å²) in [6.07, 6.45) is 1.45. The minimum Gasteiger partial charge on any atom is -0.478 e. The summed E-state index contributed by atoms with van der Waals surface area (Å²) in [5, 5.41) is 22.1. The molecular weight excluding hydrogens is 518 g/mol. The average Bonchev–Trinajstić information content (AvgIpc) is 3.28. The van der Waals surface area contributed by atoms with Gasteiger partial charge in [0.05, 0.1) is 17.5 Å². The molecule has 0 saturated heterocycles. The molecule has 0 fully saturated rings. The van der Waals surface area contributed by atoms with Gasteiger partial charge in [-0.3, -0.25) is 9.36 Å². The van der Waals surface area contributed by atoms with Gasteiger partial charge in [-0.1, -0.05) is 70.2 Å². The molecule has 0 aliphatic carbocycles. The van der Waals surface area contributed by atoms with Crippen LogP contribution in [-0.4, -0.2) is 43.7 Å². The highest BCUT2D eigenvalue weighted by molar-refractivity contribution is 9.10. The third kappa shape index (κ3) is 5.77. The molecule has 2 N–H and O–H groups in total. The topological polar surface area (TPSA) is 109 Å². The first-order valence-electron chi connectivity index (χ1n) is 10.1. The van der Waals surface area contributed by atoms with E-state index >= 15 is 0 Å². The number of aromatic carboxylic acids is 1. The lowest BCUT2D eigenvalue weighted by Gasteiger charge is -2.10. The van der Waals surface area contributed by atoms with Gasteiger partial charge >= 0.3 is 5.97 Å². The molecule has 0 aliphatic rings. The van der Waals surface area contributed by atoms with Crippen LogP contribution in [0.15, 0.2) is 93.6 Å². The number of carbonyl (C=O) groups excluding carboxylic acids is 1. The van der Waals surface area contributed by atoms with E-state index in [0.717, 1.165) is 15.7 Å².